The number of hydrogen-bond donors (Lipinski definition) is 2. The maximum Gasteiger partial charge on any atom is 0.337 e. The Labute approximate surface area is 112 Å². The van der Waals surface area contributed by atoms with Crippen LogP contribution in [-0.2, 0) is 6.54 Å². The van der Waals surface area contributed by atoms with E-state index >= 15 is 0 Å². The molecular weight excluding hydrogens is 240 g/mol. The first kappa shape index (κ1) is 13.1. The highest BCUT2D eigenvalue weighted by atomic mass is 16.4. The number of carbonyl (C=O) groups is 1. The fourth-order valence-corrected chi connectivity index (χ4v) is 1.93. The third-order valence-corrected chi connectivity index (χ3v) is 3.00. The van der Waals surface area contributed by atoms with E-state index in [-0.39, 0.29) is 5.56 Å². The molecule has 0 fully saturated rings. The van der Waals surface area contributed by atoms with E-state index < -0.39 is 5.97 Å². The van der Waals surface area contributed by atoms with Gasteiger partial charge in [-0.2, -0.15) is 0 Å². The maximum atomic E-state index is 10.7. The zero-order chi connectivity index (χ0) is 13.8. The van der Waals surface area contributed by atoms with Crippen molar-refractivity contribution >= 4 is 11.7 Å². The zero-order valence-corrected chi connectivity index (χ0v) is 11.0. The normalized spacial score (nSPS) is 10.2. The van der Waals surface area contributed by atoms with Crippen LogP contribution in [-0.4, -0.2) is 16.1 Å². The molecule has 0 amide bonds. The summed E-state index contributed by atoms with van der Waals surface area (Å²) in [7, 11) is 0. The van der Waals surface area contributed by atoms with Crippen molar-refractivity contribution in [1.29, 1.82) is 0 Å². The third-order valence-electron chi connectivity index (χ3n) is 3.00. The molecule has 4 nitrogen and oxygen atoms in total. The Kier molecular flexibility index (Phi) is 3.80. The van der Waals surface area contributed by atoms with Crippen molar-refractivity contribution in [2.24, 2.45) is 0 Å². The van der Waals surface area contributed by atoms with Gasteiger partial charge in [0, 0.05) is 11.9 Å². The van der Waals surface area contributed by atoms with Crippen LogP contribution in [0.15, 0.2) is 36.5 Å². The van der Waals surface area contributed by atoms with Crippen LogP contribution < -0.4 is 5.32 Å². The molecule has 0 aliphatic rings. The van der Waals surface area contributed by atoms with E-state index in [1.54, 1.807) is 12.1 Å². The SMILES string of the molecule is Cc1cccc(C)c1NCc1ccc(C(=O)O)cn1. The summed E-state index contributed by atoms with van der Waals surface area (Å²) in [5.41, 5.74) is 4.49. The molecule has 98 valence electrons. The standard InChI is InChI=1S/C15H16N2O2/c1-10-4-3-5-11(2)14(10)17-9-13-7-6-12(8-16-13)15(18)19/h3-8,17H,9H2,1-2H3,(H,18,19). The number of aromatic carboxylic acids is 1. The topological polar surface area (TPSA) is 62.2 Å². The molecule has 4 heteroatoms. The smallest absolute Gasteiger partial charge is 0.337 e. The fraction of sp³-hybridized carbons (Fsp3) is 0.200. The minimum absolute atomic E-state index is 0.204. The maximum absolute atomic E-state index is 10.7. The van der Waals surface area contributed by atoms with Gasteiger partial charge in [0.1, 0.15) is 0 Å². The molecule has 19 heavy (non-hydrogen) atoms. The van der Waals surface area contributed by atoms with Crippen LogP contribution in [0, 0.1) is 13.8 Å². The number of carboxylic acids is 1. The number of anilines is 1. The molecule has 0 radical (unpaired) electrons. The second-order valence-corrected chi connectivity index (χ2v) is 4.46. The summed E-state index contributed by atoms with van der Waals surface area (Å²) < 4.78 is 0. The van der Waals surface area contributed by atoms with Crippen molar-refractivity contribution in [3.8, 4) is 0 Å². The molecule has 1 aromatic heterocycles. The van der Waals surface area contributed by atoms with Crippen molar-refractivity contribution < 1.29 is 9.90 Å². The van der Waals surface area contributed by atoms with Gasteiger partial charge in [0.15, 0.2) is 0 Å². The van der Waals surface area contributed by atoms with Gasteiger partial charge in [-0.1, -0.05) is 18.2 Å². The molecule has 2 aromatic rings. The van der Waals surface area contributed by atoms with Crippen molar-refractivity contribution in [2.45, 2.75) is 20.4 Å². The number of hydrogen-bond acceptors (Lipinski definition) is 3. The lowest BCUT2D eigenvalue weighted by atomic mass is 10.1. The third kappa shape index (κ3) is 3.10. The number of rotatable bonds is 4. The zero-order valence-electron chi connectivity index (χ0n) is 11.0. The molecule has 0 saturated heterocycles. The lowest BCUT2D eigenvalue weighted by molar-refractivity contribution is 0.0696. The molecule has 0 aliphatic carbocycles. The number of nitrogens with one attached hydrogen (secondary N) is 1. The van der Waals surface area contributed by atoms with Gasteiger partial charge in [0.05, 0.1) is 17.8 Å². The van der Waals surface area contributed by atoms with E-state index in [9.17, 15) is 4.79 Å². The molecule has 2 rings (SSSR count). The van der Waals surface area contributed by atoms with E-state index in [2.05, 4.69) is 36.3 Å². The van der Waals surface area contributed by atoms with E-state index in [0.29, 0.717) is 6.54 Å². The summed E-state index contributed by atoms with van der Waals surface area (Å²) in [6.45, 7) is 4.68. The van der Waals surface area contributed by atoms with Crippen LogP contribution in [0.5, 0.6) is 0 Å². The summed E-state index contributed by atoms with van der Waals surface area (Å²) in [5, 5.41) is 12.1. The molecular formula is C15H16N2O2. The van der Waals surface area contributed by atoms with Crippen LogP contribution in [0.1, 0.15) is 27.2 Å². The summed E-state index contributed by atoms with van der Waals surface area (Å²) in [4.78, 5) is 14.9. The Bertz CT molecular complexity index is 571. The fourth-order valence-electron chi connectivity index (χ4n) is 1.93. The van der Waals surface area contributed by atoms with E-state index in [0.717, 1.165) is 11.4 Å². The molecule has 1 heterocycles. The highest BCUT2D eigenvalue weighted by Gasteiger charge is 2.04. The molecule has 1 aromatic carbocycles. The van der Waals surface area contributed by atoms with Gasteiger partial charge in [-0.25, -0.2) is 4.79 Å². The molecule has 0 unspecified atom stereocenters. The Hall–Kier alpha value is -2.36. The van der Waals surface area contributed by atoms with Crippen molar-refractivity contribution in [3.63, 3.8) is 0 Å². The largest absolute Gasteiger partial charge is 0.478 e. The summed E-state index contributed by atoms with van der Waals surface area (Å²) in [5.74, 6) is -0.957. The highest BCUT2D eigenvalue weighted by molar-refractivity contribution is 5.87. The molecule has 0 saturated carbocycles. The first-order valence-electron chi connectivity index (χ1n) is 6.06. The van der Waals surface area contributed by atoms with Crippen LogP contribution in [0.4, 0.5) is 5.69 Å². The number of carboxylic acid groups (broad SMARTS) is 1. The molecule has 0 atom stereocenters. The van der Waals surface area contributed by atoms with Gasteiger partial charge < -0.3 is 10.4 Å². The summed E-state index contributed by atoms with van der Waals surface area (Å²) in [6.07, 6.45) is 1.38. The van der Waals surface area contributed by atoms with Crippen LogP contribution in [0.25, 0.3) is 0 Å². The number of aromatic nitrogens is 1. The second kappa shape index (κ2) is 5.52. The van der Waals surface area contributed by atoms with Crippen molar-refractivity contribution in [3.05, 3.63) is 58.9 Å². The molecule has 2 N–H and O–H groups in total. The average molecular weight is 256 g/mol. The Morgan fingerprint density at radius 1 is 1.21 bits per heavy atom. The highest BCUT2D eigenvalue weighted by Crippen LogP contribution is 2.19. The minimum atomic E-state index is -0.957. The Balaban J connectivity index is 2.08. The average Bonchev–Trinajstić information content (AvgIpc) is 2.38. The predicted molar refractivity (Wildman–Crippen MR) is 74.4 cm³/mol. The number of aryl methyl sites for hydroxylation is 2. The number of pyridine rings is 1. The van der Waals surface area contributed by atoms with Gasteiger partial charge in [0.25, 0.3) is 0 Å². The Morgan fingerprint density at radius 3 is 2.42 bits per heavy atom. The summed E-state index contributed by atoms with van der Waals surface area (Å²) in [6, 6.07) is 9.42. The van der Waals surface area contributed by atoms with Gasteiger partial charge in [-0.05, 0) is 37.1 Å². The minimum Gasteiger partial charge on any atom is -0.478 e. The van der Waals surface area contributed by atoms with Gasteiger partial charge in [0.2, 0.25) is 0 Å². The van der Waals surface area contributed by atoms with Crippen LogP contribution in [0.2, 0.25) is 0 Å². The first-order valence-corrected chi connectivity index (χ1v) is 6.06. The van der Waals surface area contributed by atoms with E-state index in [4.69, 9.17) is 5.11 Å². The number of para-hydroxylation sites is 1. The van der Waals surface area contributed by atoms with Crippen LogP contribution in [0.3, 0.4) is 0 Å². The van der Waals surface area contributed by atoms with Gasteiger partial charge in [-0.3, -0.25) is 4.98 Å². The number of benzene rings is 1. The van der Waals surface area contributed by atoms with E-state index in [1.807, 2.05) is 6.07 Å². The second-order valence-electron chi connectivity index (χ2n) is 4.46. The summed E-state index contributed by atoms with van der Waals surface area (Å²) >= 11 is 0. The Morgan fingerprint density at radius 2 is 1.89 bits per heavy atom. The lowest BCUT2D eigenvalue weighted by Gasteiger charge is -2.12. The number of nitrogens with zero attached hydrogens (tertiary/aromatic N) is 1. The van der Waals surface area contributed by atoms with E-state index in [1.165, 1.54) is 17.3 Å². The van der Waals surface area contributed by atoms with Gasteiger partial charge in [-0.15, -0.1) is 0 Å². The monoisotopic (exact) mass is 256 g/mol. The van der Waals surface area contributed by atoms with Crippen molar-refractivity contribution in [1.82, 2.24) is 4.98 Å². The molecule has 0 bridgehead atoms. The van der Waals surface area contributed by atoms with Gasteiger partial charge >= 0.3 is 5.97 Å². The quantitative estimate of drug-likeness (QED) is 0.882. The molecule has 0 spiro atoms. The first-order chi connectivity index (χ1) is 9.08. The van der Waals surface area contributed by atoms with Crippen LogP contribution >= 0.6 is 0 Å². The lowest BCUT2D eigenvalue weighted by Crippen LogP contribution is -2.05. The van der Waals surface area contributed by atoms with Crippen molar-refractivity contribution in [2.75, 3.05) is 5.32 Å². The predicted octanol–water partition coefficient (Wildman–Crippen LogP) is 3.01. The molecule has 0 aliphatic heterocycles.